The fraction of sp³-hybridized carbons (Fsp3) is 0.143. The third-order valence-electron chi connectivity index (χ3n) is 3.81. The quantitative estimate of drug-likeness (QED) is 0.313. The van der Waals surface area contributed by atoms with E-state index in [4.69, 9.17) is 10.5 Å². The Labute approximate surface area is 176 Å². The number of benzene rings is 2. The van der Waals surface area contributed by atoms with Gasteiger partial charge in [-0.2, -0.15) is 0 Å². The highest BCUT2D eigenvalue weighted by atomic mass is 127. The van der Waals surface area contributed by atoms with Crippen molar-refractivity contribution in [3.63, 3.8) is 0 Å². The number of nitrogens with one attached hydrogen (secondary N) is 1. The van der Waals surface area contributed by atoms with E-state index >= 15 is 0 Å². The van der Waals surface area contributed by atoms with Gasteiger partial charge in [-0.15, -0.1) is 24.0 Å². The molecule has 1 heterocycles. The van der Waals surface area contributed by atoms with Crippen molar-refractivity contribution in [2.45, 2.75) is 20.1 Å². The lowest BCUT2D eigenvalue weighted by Gasteiger charge is -2.10. The van der Waals surface area contributed by atoms with Crippen molar-refractivity contribution in [2.24, 2.45) is 10.7 Å². The molecule has 1 aromatic heterocycles. The molecule has 0 radical (unpaired) electrons. The number of hydrogen-bond donors (Lipinski definition) is 2. The Morgan fingerprint density at radius 3 is 2.52 bits per heavy atom. The zero-order valence-corrected chi connectivity index (χ0v) is 17.5. The third-order valence-corrected chi connectivity index (χ3v) is 3.81. The molecule has 0 fully saturated rings. The highest BCUT2D eigenvalue weighted by molar-refractivity contribution is 14.0. The molecule has 0 atom stereocenters. The van der Waals surface area contributed by atoms with Crippen molar-refractivity contribution in [3.05, 3.63) is 89.6 Å². The van der Waals surface area contributed by atoms with Crippen molar-refractivity contribution in [2.75, 3.05) is 5.32 Å². The van der Waals surface area contributed by atoms with Gasteiger partial charge in [0.15, 0.2) is 5.96 Å². The number of pyridine rings is 1. The number of rotatable bonds is 6. The Bertz CT molecular complexity index is 867. The molecule has 3 N–H and O–H groups in total. The van der Waals surface area contributed by atoms with Crippen LogP contribution in [-0.4, -0.2) is 10.9 Å². The first-order valence-corrected chi connectivity index (χ1v) is 8.45. The van der Waals surface area contributed by atoms with Crippen LogP contribution in [0.2, 0.25) is 0 Å². The van der Waals surface area contributed by atoms with Crippen LogP contribution in [0.25, 0.3) is 0 Å². The standard InChI is InChI=1S/C21H22N4O.HI/c1-16-9-11-19(12-10-16)25-21(22)24-14-18-8-5-13-23-20(18)26-15-17-6-3-2-4-7-17;/h2-13H,14-15H2,1H3,(H3,22,24,25);1H. The van der Waals surface area contributed by atoms with Gasteiger partial charge < -0.3 is 15.8 Å². The molecule has 6 heteroatoms. The molecule has 140 valence electrons. The summed E-state index contributed by atoms with van der Waals surface area (Å²) in [6, 6.07) is 21.8. The van der Waals surface area contributed by atoms with Crippen LogP contribution in [0.1, 0.15) is 16.7 Å². The topological polar surface area (TPSA) is 72.5 Å². The van der Waals surface area contributed by atoms with Gasteiger partial charge in [-0.3, -0.25) is 0 Å². The predicted molar refractivity (Wildman–Crippen MR) is 121 cm³/mol. The second-order valence-corrected chi connectivity index (χ2v) is 5.93. The highest BCUT2D eigenvalue weighted by Crippen LogP contribution is 2.17. The van der Waals surface area contributed by atoms with Crippen LogP contribution >= 0.6 is 24.0 Å². The molecule has 27 heavy (non-hydrogen) atoms. The zero-order valence-electron chi connectivity index (χ0n) is 15.1. The van der Waals surface area contributed by atoms with Gasteiger partial charge in [0.25, 0.3) is 0 Å². The van der Waals surface area contributed by atoms with Gasteiger partial charge in [0.05, 0.1) is 6.54 Å². The SMILES string of the molecule is Cc1ccc(NC(N)=NCc2cccnc2OCc2ccccc2)cc1.I. The minimum atomic E-state index is 0. The average Bonchev–Trinajstić information content (AvgIpc) is 2.68. The van der Waals surface area contributed by atoms with Gasteiger partial charge in [-0.1, -0.05) is 54.1 Å². The number of nitrogens with zero attached hydrogens (tertiary/aromatic N) is 2. The van der Waals surface area contributed by atoms with Crippen LogP contribution in [0.15, 0.2) is 77.9 Å². The molecule has 0 aliphatic heterocycles. The molecule has 2 aromatic carbocycles. The van der Waals surface area contributed by atoms with Crippen molar-refractivity contribution >= 4 is 35.6 Å². The van der Waals surface area contributed by atoms with Crippen molar-refractivity contribution in [1.29, 1.82) is 0 Å². The molecule has 0 aliphatic rings. The van der Waals surface area contributed by atoms with E-state index in [9.17, 15) is 0 Å². The van der Waals surface area contributed by atoms with Crippen LogP contribution < -0.4 is 15.8 Å². The van der Waals surface area contributed by atoms with E-state index in [0.29, 0.717) is 25.0 Å². The number of halogens is 1. The lowest BCUT2D eigenvalue weighted by atomic mass is 10.2. The van der Waals surface area contributed by atoms with E-state index in [1.54, 1.807) is 6.20 Å². The Morgan fingerprint density at radius 1 is 1.04 bits per heavy atom. The number of ether oxygens (including phenoxy) is 1. The van der Waals surface area contributed by atoms with Crippen LogP contribution in [0.5, 0.6) is 5.88 Å². The molecule has 0 aliphatic carbocycles. The molecule has 5 nitrogen and oxygen atoms in total. The fourth-order valence-electron chi connectivity index (χ4n) is 2.39. The summed E-state index contributed by atoms with van der Waals surface area (Å²) < 4.78 is 5.85. The van der Waals surface area contributed by atoms with Crippen molar-refractivity contribution in [1.82, 2.24) is 4.98 Å². The molecular formula is C21H23IN4O. The van der Waals surface area contributed by atoms with Gasteiger partial charge >= 0.3 is 0 Å². The van der Waals surface area contributed by atoms with Gasteiger partial charge in [0, 0.05) is 17.4 Å². The maximum Gasteiger partial charge on any atom is 0.218 e. The van der Waals surface area contributed by atoms with E-state index < -0.39 is 0 Å². The second-order valence-electron chi connectivity index (χ2n) is 5.93. The average molecular weight is 474 g/mol. The van der Waals surface area contributed by atoms with E-state index in [1.165, 1.54) is 5.56 Å². The summed E-state index contributed by atoms with van der Waals surface area (Å²) in [5, 5.41) is 3.08. The highest BCUT2D eigenvalue weighted by Gasteiger charge is 2.05. The Balaban J connectivity index is 0.00000261. The molecule has 0 saturated heterocycles. The van der Waals surface area contributed by atoms with Crippen molar-refractivity contribution < 1.29 is 4.74 Å². The largest absolute Gasteiger partial charge is 0.473 e. The number of aryl methyl sites for hydroxylation is 1. The van der Waals surface area contributed by atoms with Crippen LogP contribution in [0, 0.1) is 6.92 Å². The summed E-state index contributed by atoms with van der Waals surface area (Å²) in [7, 11) is 0. The lowest BCUT2D eigenvalue weighted by molar-refractivity contribution is 0.290. The number of hydrogen-bond acceptors (Lipinski definition) is 3. The number of guanidine groups is 1. The summed E-state index contributed by atoms with van der Waals surface area (Å²) in [5.74, 6) is 0.926. The van der Waals surface area contributed by atoms with E-state index in [0.717, 1.165) is 16.8 Å². The van der Waals surface area contributed by atoms with Gasteiger partial charge in [-0.05, 0) is 30.7 Å². The maximum atomic E-state index is 5.98. The third kappa shape index (κ3) is 6.56. The van der Waals surface area contributed by atoms with Gasteiger partial charge in [0.2, 0.25) is 5.88 Å². The normalized spacial score (nSPS) is 10.8. The van der Waals surface area contributed by atoms with Gasteiger partial charge in [0.1, 0.15) is 6.61 Å². The summed E-state index contributed by atoms with van der Waals surface area (Å²) in [6.45, 7) is 2.90. The number of aliphatic imine (C=N–C) groups is 1. The first kappa shape index (κ1) is 20.7. The summed E-state index contributed by atoms with van der Waals surface area (Å²) in [4.78, 5) is 8.70. The molecule has 0 saturated carbocycles. The van der Waals surface area contributed by atoms with Crippen LogP contribution in [-0.2, 0) is 13.2 Å². The van der Waals surface area contributed by atoms with Gasteiger partial charge in [-0.25, -0.2) is 9.98 Å². The minimum absolute atomic E-state index is 0. The Kier molecular flexibility index (Phi) is 8.06. The smallest absolute Gasteiger partial charge is 0.218 e. The molecule has 3 aromatic rings. The number of nitrogens with two attached hydrogens (primary N) is 1. The number of aromatic nitrogens is 1. The lowest BCUT2D eigenvalue weighted by Crippen LogP contribution is -2.22. The molecule has 3 rings (SSSR count). The van der Waals surface area contributed by atoms with E-state index in [2.05, 4.69) is 15.3 Å². The minimum Gasteiger partial charge on any atom is -0.473 e. The van der Waals surface area contributed by atoms with Crippen molar-refractivity contribution in [3.8, 4) is 5.88 Å². The number of anilines is 1. The molecule has 0 unspecified atom stereocenters. The Morgan fingerprint density at radius 2 is 1.78 bits per heavy atom. The Hall–Kier alpha value is -2.61. The summed E-state index contributed by atoms with van der Waals surface area (Å²) in [5.41, 5.74) is 10.1. The van der Waals surface area contributed by atoms with Crippen LogP contribution in [0.3, 0.4) is 0 Å². The molecule has 0 bridgehead atoms. The molecule has 0 amide bonds. The zero-order chi connectivity index (χ0) is 18.2. The van der Waals surface area contributed by atoms with E-state index in [1.807, 2.05) is 73.7 Å². The second kappa shape index (κ2) is 10.5. The monoisotopic (exact) mass is 474 g/mol. The first-order chi connectivity index (χ1) is 12.7. The fourth-order valence-corrected chi connectivity index (χ4v) is 2.39. The summed E-state index contributed by atoms with van der Waals surface area (Å²) in [6.07, 6.45) is 1.71. The molecule has 0 spiro atoms. The van der Waals surface area contributed by atoms with E-state index in [-0.39, 0.29) is 24.0 Å². The summed E-state index contributed by atoms with van der Waals surface area (Å²) >= 11 is 0. The van der Waals surface area contributed by atoms with Crippen LogP contribution in [0.4, 0.5) is 5.69 Å². The maximum absolute atomic E-state index is 5.98. The first-order valence-electron chi connectivity index (χ1n) is 8.45. The predicted octanol–water partition coefficient (Wildman–Crippen LogP) is 4.51. The molecular weight excluding hydrogens is 451 g/mol.